The first kappa shape index (κ1) is 11.2. The number of aldehydes is 1. The fraction of sp³-hybridized carbons (Fsp3) is 0.300. The van der Waals surface area contributed by atoms with Crippen LogP contribution in [-0.4, -0.2) is 37.6 Å². The van der Waals surface area contributed by atoms with Gasteiger partial charge in [0.15, 0.2) is 12.5 Å². The second kappa shape index (κ2) is 3.62. The van der Waals surface area contributed by atoms with Crippen molar-refractivity contribution in [1.29, 1.82) is 0 Å². The first-order valence-electron chi connectivity index (χ1n) is 4.64. The zero-order valence-electron chi connectivity index (χ0n) is 8.19. The molecule has 3 atom stereocenters. The van der Waals surface area contributed by atoms with Gasteiger partial charge in [-0.15, -0.1) is 5.06 Å². The average Bonchev–Trinajstić information content (AvgIpc) is 2.33. The molecule has 0 saturated heterocycles. The highest BCUT2D eigenvalue weighted by Crippen LogP contribution is 2.40. The lowest BCUT2D eigenvalue weighted by Gasteiger charge is -2.42. The molecule has 3 unspecified atom stereocenters. The Kier molecular flexibility index (Phi) is 2.53. The van der Waals surface area contributed by atoms with Crippen molar-refractivity contribution in [2.45, 2.75) is 18.1 Å². The highest BCUT2D eigenvalue weighted by atomic mass is 16.6. The Balaban J connectivity index is 2.60. The van der Waals surface area contributed by atoms with Crippen molar-refractivity contribution in [2.24, 2.45) is 0 Å². The number of hydrogen-bond acceptors (Lipinski definition) is 6. The first-order valence-corrected chi connectivity index (χ1v) is 4.64. The van der Waals surface area contributed by atoms with Crippen LogP contribution in [0.4, 0.5) is 0 Å². The molecule has 6 nitrogen and oxygen atoms in total. The quantitative estimate of drug-likeness (QED) is 0.472. The molecule has 0 aromatic heterocycles. The van der Waals surface area contributed by atoms with Gasteiger partial charge in [0, 0.05) is 5.56 Å². The van der Waals surface area contributed by atoms with Crippen LogP contribution in [-0.2, 0) is 4.79 Å². The smallest absolute Gasteiger partial charge is 0.230 e. The van der Waals surface area contributed by atoms with E-state index in [1.165, 1.54) is 12.1 Å². The molecular weight excluding hydrogens is 214 g/mol. The Morgan fingerprint density at radius 3 is 2.38 bits per heavy atom. The second-order valence-electron chi connectivity index (χ2n) is 3.65. The van der Waals surface area contributed by atoms with Crippen LogP contribution >= 0.6 is 0 Å². The number of hydrogen-bond donors (Lipinski definition) is 4. The zero-order chi connectivity index (χ0) is 11.9. The molecule has 0 saturated carbocycles. The molecule has 0 amide bonds. The van der Waals surface area contributed by atoms with Crippen LogP contribution in [0.15, 0.2) is 24.3 Å². The van der Waals surface area contributed by atoms with E-state index in [4.69, 9.17) is 0 Å². The van der Waals surface area contributed by atoms with Gasteiger partial charge in [0.1, 0.15) is 6.10 Å². The molecule has 1 aromatic rings. The van der Waals surface area contributed by atoms with Crippen molar-refractivity contribution in [3.8, 4) is 0 Å². The number of fused-ring (bicyclic) bond motifs is 1. The normalized spacial score (nSPS) is 34.5. The van der Waals surface area contributed by atoms with Crippen LogP contribution in [0.25, 0.3) is 0 Å². The van der Waals surface area contributed by atoms with Crippen LogP contribution in [0.1, 0.15) is 23.5 Å². The molecule has 6 heteroatoms. The molecule has 1 aromatic carbocycles. The van der Waals surface area contributed by atoms with E-state index in [0.29, 0.717) is 0 Å². The van der Waals surface area contributed by atoms with Gasteiger partial charge in [-0.1, -0.05) is 24.3 Å². The maximum Gasteiger partial charge on any atom is 0.230 e. The lowest BCUT2D eigenvalue weighted by molar-refractivity contribution is -0.337. The van der Waals surface area contributed by atoms with E-state index < -0.39 is 18.1 Å². The lowest BCUT2D eigenvalue weighted by atomic mass is 9.89. The summed E-state index contributed by atoms with van der Waals surface area (Å²) in [5.74, 6) is 0. The minimum absolute atomic E-state index is 0.0170. The van der Waals surface area contributed by atoms with Crippen LogP contribution < -0.4 is 0 Å². The summed E-state index contributed by atoms with van der Waals surface area (Å²) in [4.78, 5) is 10.7. The largest absolute Gasteiger partial charge is 0.383 e. The SMILES string of the molecule is O=CC1(O)C(O)c2ccccc2C(O)N1O. The van der Waals surface area contributed by atoms with Crippen molar-refractivity contribution >= 4 is 6.29 Å². The molecular formula is C10H11NO5. The number of nitrogens with zero attached hydrogens (tertiary/aromatic N) is 1. The second-order valence-corrected chi connectivity index (χ2v) is 3.65. The molecule has 0 radical (unpaired) electrons. The fourth-order valence-electron chi connectivity index (χ4n) is 1.80. The van der Waals surface area contributed by atoms with Gasteiger partial charge in [0.2, 0.25) is 5.72 Å². The van der Waals surface area contributed by atoms with E-state index in [-0.39, 0.29) is 22.5 Å². The summed E-state index contributed by atoms with van der Waals surface area (Å²) in [7, 11) is 0. The summed E-state index contributed by atoms with van der Waals surface area (Å²) in [5.41, 5.74) is -2.09. The Bertz CT molecular complexity index is 423. The number of carbonyl (C=O) groups is 1. The maximum absolute atomic E-state index is 10.7. The Morgan fingerprint density at radius 2 is 1.81 bits per heavy atom. The fourth-order valence-corrected chi connectivity index (χ4v) is 1.80. The maximum atomic E-state index is 10.7. The summed E-state index contributed by atoms with van der Waals surface area (Å²) < 4.78 is 0. The molecule has 4 N–H and O–H groups in total. The molecule has 2 rings (SSSR count). The predicted molar refractivity (Wildman–Crippen MR) is 51.0 cm³/mol. The summed E-state index contributed by atoms with van der Waals surface area (Å²) >= 11 is 0. The Labute approximate surface area is 90.9 Å². The molecule has 1 heterocycles. The Hall–Kier alpha value is -1.31. The number of aliphatic hydroxyl groups excluding tert-OH is 2. The monoisotopic (exact) mass is 225 g/mol. The van der Waals surface area contributed by atoms with E-state index in [1.54, 1.807) is 12.1 Å². The number of hydroxylamine groups is 2. The van der Waals surface area contributed by atoms with Gasteiger partial charge in [-0.25, -0.2) is 0 Å². The van der Waals surface area contributed by atoms with Crippen LogP contribution in [0.5, 0.6) is 0 Å². The summed E-state index contributed by atoms with van der Waals surface area (Å²) in [6, 6.07) is 6.14. The number of rotatable bonds is 1. The Morgan fingerprint density at radius 1 is 1.25 bits per heavy atom. The van der Waals surface area contributed by atoms with Crippen LogP contribution in [0.2, 0.25) is 0 Å². The van der Waals surface area contributed by atoms with E-state index in [0.717, 1.165) is 0 Å². The third-order valence-corrected chi connectivity index (χ3v) is 2.74. The predicted octanol–water partition coefficient (Wildman–Crippen LogP) is -0.697. The van der Waals surface area contributed by atoms with Crippen molar-refractivity contribution in [2.75, 3.05) is 0 Å². The summed E-state index contributed by atoms with van der Waals surface area (Å²) in [5, 5.41) is 38.7. The molecule has 86 valence electrons. The van der Waals surface area contributed by atoms with E-state index in [9.17, 15) is 25.3 Å². The van der Waals surface area contributed by atoms with E-state index in [1.807, 2.05) is 0 Å². The van der Waals surface area contributed by atoms with E-state index in [2.05, 4.69) is 0 Å². The first-order chi connectivity index (χ1) is 7.52. The minimum Gasteiger partial charge on any atom is -0.383 e. The standard InChI is InChI=1S/C10H11NO5/c12-5-10(15)8(13)6-3-1-2-4-7(6)9(14)11(10)16/h1-5,8-9,13-16H. The van der Waals surface area contributed by atoms with Gasteiger partial charge < -0.3 is 20.5 Å². The molecule has 0 fully saturated rings. The number of aliphatic hydroxyl groups is 3. The highest BCUT2D eigenvalue weighted by molar-refractivity contribution is 5.64. The summed E-state index contributed by atoms with van der Waals surface area (Å²) in [6.07, 6.45) is -3.19. The molecule has 0 aliphatic carbocycles. The van der Waals surface area contributed by atoms with Gasteiger partial charge >= 0.3 is 0 Å². The van der Waals surface area contributed by atoms with Crippen LogP contribution in [0, 0.1) is 0 Å². The average molecular weight is 225 g/mol. The third kappa shape index (κ3) is 1.29. The van der Waals surface area contributed by atoms with Gasteiger partial charge in [-0.2, -0.15) is 0 Å². The van der Waals surface area contributed by atoms with Gasteiger partial charge in [0.05, 0.1) is 0 Å². The molecule has 1 aliphatic rings. The third-order valence-electron chi connectivity index (χ3n) is 2.74. The van der Waals surface area contributed by atoms with Crippen molar-refractivity contribution in [3.05, 3.63) is 35.4 Å². The van der Waals surface area contributed by atoms with Crippen molar-refractivity contribution in [1.82, 2.24) is 5.06 Å². The molecule has 1 aliphatic heterocycles. The van der Waals surface area contributed by atoms with Crippen molar-refractivity contribution in [3.63, 3.8) is 0 Å². The van der Waals surface area contributed by atoms with Gasteiger partial charge in [-0.3, -0.25) is 4.79 Å². The van der Waals surface area contributed by atoms with E-state index >= 15 is 0 Å². The topological polar surface area (TPSA) is 101 Å². The highest BCUT2D eigenvalue weighted by Gasteiger charge is 2.50. The summed E-state index contributed by atoms with van der Waals surface area (Å²) in [6.45, 7) is 0. The van der Waals surface area contributed by atoms with Crippen LogP contribution in [0.3, 0.4) is 0 Å². The zero-order valence-corrected chi connectivity index (χ0v) is 8.19. The minimum atomic E-state index is -2.53. The number of carbonyl (C=O) groups excluding carboxylic acids is 1. The van der Waals surface area contributed by atoms with Gasteiger partial charge in [-0.05, 0) is 5.56 Å². The lowest BCUT2D eigenvalue weighted by Crippen LogP contribution is -2.57. The number of benzene rings is 1. The van der Waals surface area contributed by atoms with Gasteiger partial charge in [0.25, 0.3) is 0 Å². The van der Waals surface area contributed by atoms with Crippen molar-refractivity contribution < 1.29 is 25.3 Å². The molecule has 0 bridgehead atoms. The molecule has 16 heavy (non-hydrogen) atoms. The molecule has 0 spiro atoms.